The van der Waals surface area contributed by atoms with Crippen molar-refractivity contribution >= 4 is 17.6 Å². The maximum Gasteiger partial charge on any atom is 0.414 e. The maximum absolute atomic E-state index is 14.3. The average molecular weight is 303 g/mol. The predicted molar refractivity (Wildman–Crippen MR) is 78.7 cm³/mol. The Balaban J connectivity index is 1.89. The Labute approximate surface area is 125 Å². The summed E-state index contributed by atoms with van der Waals surface area (Å²) in [6.45, 7) is -0.0720. The number of carbonyl (C=O) groups excluding carboxylic acids is 1. The van der Waals surface area contributed by atoms with Crippen molar-refractivity contribution in [3.8, 4) is 11.1 Å². The molecule has 1 aliphatic rings. The van der Waals surface area contributed by atoms with Crippen molar-refractivity contribution in [2.75, 3.05) is 23.8 Å². The summed E-state index contributed by atoms with van der Waals surface area (Å²) in [6.07, 6.45) is 0.302. The Bertz CT molecular complexity index is 706. The third-order valence-electron chi connectivity index (χ3n) is 3.44. The molecule has 1 saturated heterocycles. The zero-order valence-corrected chi connectivity index (χ0v) is 11.6. The molecule has 0 radical (unpaired) electrons. The molecule has 1 unspecified atom stereocenters. The van der Waals surface area contributed by atoms with Gasteiger partial charge in [0.25, 0.3) is 0 Å². The lowest BCUT2D eigenvalue weighted by Crippen LogP contribution is -2.25. The number of nitrogen functional groups attached to an aromatic ring is 1. The third-order valence-corrected chi connectivity index (χ3v) is 3.44. The molecule has 1 amide bonds. The minimum atomic E-state index is -0.597. The Morgan fingerprint density at radius 3 is 2.82 bits per heavy atom. The van der Waals surface area contributed by atoms with Gasteiger partial charge in [0.15, 0.2) is 0 Å². The first-order valence-corrected chi connectivity index (χ1v) is 6.69. The fraction of sp³-hybridized carbons (Fsp3) is 0.200. The van der Waals surface area contributed by atoms with Crippen molar-refractivity contribution in [3.05, 3.63) is 42.3 Å². The largest absolute Gasteiger partial charge is 0.441 e. The number of aliphatic hydroxyl groups excluding tert-OH is 1. The van der Waals surface area contributed by atoms with Crippen molar-refractivity contribution in [3.63, 3.8) is 0 Å². The van der Waals surface area contributed by atoms with Gasteiger partial charge >= 0.3 is 6.09 Å². The van der Waals surface area contributed by atoms with Gasteiger partial charge in [0.1, 0.15) is 17.7 Å². The second kappa shape index (κ2) is 5.61. The van der Waals surface area contributed by atoms with Crippen molar-refractivity contribution in [2.24, 2.45) is 0 Å². The number of pyridine rings is 1. The fourth-order valence-corrected chi connectivity index (χ4v) is 2.30. The van der Waals surface area contributed by atoms with Crippen LogP contribution in [0.25, 0.3) is 11.1 Å². The highest BCUT2D eigenvalue weighted by Crippen LogP contribution is 2.28. The van der Waals surface area contributed by atoms with Crippen molar-refractivity contribution < 1.29 is 19.0 Å². The number of hydrogen-bond acceptors (Lipinski definition) is 5. The van der Waals surface area contributed by atoms with Crippen molar-refractivity contribution in [1.29, 1.82) is 0 Å². The molecule has 1 aliphatic heterocycles. The van der Waals surface area contributed by atoms with Gasteiger partial charge < -0.3 is 15.6 Å². The number of hydrogen-bond donors (Lipinski definition) is 2. The molecule has 3 N–H and O–H groups in total. The van der Waals surface area contributed by atoms with E-state index in [1.165, 1.54) is 17.2 Å². The molecule has 2 heterocycles. The van der Waals surface area contributed by atoms with E-state index >= 15 is 0 Å². The van der Waals surface area contributed by atoms with E-state index in [4.69, 9.17) is 15.6 Å². The highest BCUT2D eigenvalue weighted by molar-refractivity contribution is 5.90. The minimum absolute atomic E-state index is 0.192. The summed E-state index contributed by atoms with van der Waals surface area (Å²) in [5.41, 5.74) is 6.84. The number of halogens is 1. The second-order valence-corrected chi connectivity index (χ2v) is 4.93. The van der Waals surface area contributed by atoms with Crippen LogP contribution in [0.4, 0.5) is 20.7 Å². The minimum Gasteiger partial charge on any atom is -0.441 e. The molecule has 7 heteroatoms. The van der Waals surface area contributed by atoms with Crippen LogP contribution in [0.15, 0.2) is 36.5 Å². The third kappa shape index (κ3) is 2.58. The highest BCUT2D eigenvalue weighted by Gasteiger charge is 2.32. The van der Waals surface area contributed by atoms with Gasteiger partial charge in [-0.2, -0.15) is 0 Å². The van der Waals surface area contributed by atoms with Gasteiger partial charge in [-0.15, -0.1) is 0 Å². The number of nitrogens with zero attached hydrogens (tertiary/aromatic N) is 2. The van der Waals surface area contributed by atoms with Crippen molar-refractivity contribution in [1.82, 2.24) is 4.98 Å². The van der Waals surface area contributed by atoms with E-state index in [0.29, 0.717) is 22.6 Å². The van der Waals surface area contributed by atoms with Gasteiger partial charge in [0.05, 0.1) is 18.8 Å². The summed E-state index contributed by atoms with van der Waals surface area (Å²) < 4.78 is 19.2. The maximum atomic E-state index is 14.3. The standard InChI is InChI=1S/C15H14FN3O3/c16-13-5-10(19-7-11(8-20)22-15(19)21)2-3-12(13)9-1-4-14(17)18-6-9/h1-6,11,20H,7-8H2,(H2,17,18). The molecule has 0 saturated carbocycles. The van der Waals surface area contributed by atoms with Gasteiger partial charge in [-0.05, 0) is 30.3 Å². The Kier molecular flexibility index (Phi) is 3.64. The molecular weight excluding hydrogens is 289 g/mol. The van der Waals surface area contributed by atoms with Crippen LogP contribution in [0.3, 0.4) is 0 Å². The summed E-state index contributed by atoms with van der Waals surface area (Å²) in [5, 5.41) is 9.02. The van der Waals surface area contributed by atoms with Gasteiger partial charge in [-0.1, -0.05) is 0 Å². The van der Waals surface area contributed by atoms with Gasteiger partial charge in [-0.3, -0.25) is 4.90 Å². The second-order valence-electron chi connectivity index (χ2n) is 4.93. The number of aliphatic hydroxyl groups is 1. The van der Waals surface area contributed by atoms with Crippen LogP contribution in [0.1, 0.15) is 0 Å². The van der Waals surface area contributed by atoms with Gasteiger partial charge in [0, 0.05) is 17.3 Å². The quantitative estimate of drug-likeness (QED) is 0.902. The monoisotopic (exact) mass is 303 g/mol. The molecule has 1 atom stereocenters. The SMILES string of the molecule is Nc1ccc(-c2ccc(N3CC(CO)OC3=O)cc2F)cn1. The number of nitrogens with two attached hydrogens (primary N) is 1. The number of benzene rings is 1. The molecule has 0 bridgehead atoms. The molecule has 3 rings (SSSR count). The smallest absolute Gasteiger partial charge is 0.414 e. The Morgan fingerprint density at radius 2 is 2.23 bits per heavy atom. The van der Waals surface area contributed by atoms with Crippen LogP contribution in [-0.2, 0) is 4.74 Å². The number of amides is 1. The number of ether oxygens (including phenoxy) is 1. The molecule has 0 spiro atoms. The predicted octanol–water partition coefficient (Wildman–Crippen LogP) is 1.79. The van der Waals surface area contributed by atoms with E-state index in [0.717, 1.165) is 0 Å². The fourth-order valence-electron chi connectivity index (χ4n) is 2.30. The lowest BCUT2D eigenvalue weighted by Gasteiger charge is -2.14. The zero-order valence-electron chi connectivity index (χ0n) is 11.6. The van der Waals surface area contributed by atoms with Gasteiger partial charge in [0.2, 0.25) is 0 Å². The topological polar surface area (TPSA) is 88.7 Å². The summed E-state index contributed by atoms with van der Waals surface area (Å²) in [6, 6.07) is 7.71. The molecule has 1 fully saturated rings. The number of carbonyl (C=O) groups is 1. The first-order valence-electron chi connectivity index (χ1n) is 6.69. The first-order chi connectivity index (χ1) is 10.6. The summed E-state index contributed by atoms with van der Waals surface area (Å²) in [4.78, 5) is 16.9. The van der Waals surface area contributed by atoms with E-state index in [1.54, 1.807) is 24.3 Å². The molecule has 1 aromatic heterocycles. The van der Waals surface area contributed by atoms with E-state index < -0.39 is 18.0 Å². The molecule has 22 heavy (non-hydrogen) atoms. The summed E-state index contributed by atoms with van der Waals surface area (Å²) in [7, 11) is 0. The van der Waals surface area contributed by atoms with Crippen LogP contribution >= 0.6 is 0 Å². The van der Waals surface area contributed by atoms with E-state index in [2.05, 4.69) is 4.98 Å². The van der Waals surface area contributed by atoms with Crippen LogP contribution in [0.2, 0.25) is 0 Å². The Hall–Kier alpha value is -2.67. The number of rotatable bonds is 3. The molecule has 0 aliphatic carbocycles. The van der Waals surface area contributed by atoms with E-state index in [9.17, 15) is 9.18 Å². The number of aromatic nitrogens is 1. The number of anilines is 2. The molecule has 114 valence electrons. The summed E-state index contributed by atoms with van der Waals surface area (Å²) in [5.74, 6) is -0.125. The molecule has 2 aromatic rings. The Morgan fingerprint density at radius 1 is 1.41 bits per heavy atom. The van der Waals surface area contributed by atoms with Crippen molar-refractivity contribution in [2.45, 2.75) is 6.10 Å². The molecule has 1 aromatic carbocycles. The first kappa shape index (κ1) is 14.3. The van der Waals surface area contributed by atoms with E-state index in [-0.39, 0.29) is 13.2 Å². The summed E-state index contributed by atoms with van der Waals surface area (Å²) >= 11 is 0. The average Bonchev–Trinajstić information content (AvgIpc) is 2.89. The molecule has 6 nitrogen and oxygen atoms in total. The zero-order chi connectivity index (χ0) is 15.7. The van der Waals surface area contributed by atoms with Crippen LogP contribution in [0, 0.1) is 5.82 Å². The molecular formula is C15H14FN3O3. The lowest BCUT2D eigenvalue weighted by molar-refractivity contribution is 0.0963. The lowest BCUT2D eigenvalue weighted by atomic mass is 10.1. The van der Waals surface area contributed by atoms with Gasteiger partial charge in [-0.25, -0.2) is 14.2 Å². The normalized spacial score (nSPS) is 17.6. The van der Waals surface area contributed by atoms with E-state index in [1.807, 2.05) is 0 Å². The van der Waals surface area contributed by atoms with Crippen LogP contribution in [-0.4, -0.2) is 35.4 Å². The highest BCUT2D eigenvalue weighted by atomic mass is 19.1. The van der Waals surface area contributed by atoms with Crippen LogP contribution in [0.5, 0.6) is 0 Å². The van der Waals surface area contributed by atoms with Crippen LogP contribution < -0.4 is 10.6 Å². The number of cyclic esters (lactones) is 1.